The number of halogens is 1. The maximum Gasteiger partial charge on any atom is 0.338 e. The summed E-state index contributed by atoms with van der Waals surface area (Å²) in [5.41, 5.74) is 10.8. The van der Waals surface area contributed by atoms with Crippen molar-refractivity contribution < 1.29 is 19.0 Å². The fourth-order valence-electron chi connectivity index (χ4n) is 4.62. The molecule has 0 aromatic carbocycles. The van der Waals surface area contributed by atoms with Gasteiger partial charge in [0, 0.05) is 40.2 Å². The molecule has 1 saturated carbocycles. The fourth-order valence-corrected chi connectivity index (χ4v) is 5.25. The van der Waals surface area contributed by atoms with Crippen LogP contribution in [0.25, 0.3) is 28.2 Å². The number of thiazole rings is 1. The number of carboxylic acids is 1. The lowest BCUT2D eigenvalue weighted by Gasteiger charge is -2.30. The van der Waals surface area contributed by atoms with Crippen molar-refractivity contribution in [3.8, 4) is 27.7 Å². The van der Waals surface area contributed by atoms with E-state index in [-0.39, 0.29) is 11.7 Å². The van der Waals surface area contributed by atoms with Crippen molar-refractivity contribution in [2.75, 3.05) is 12.8 Å². The van der Waals surface area contributed by atoms with Gasteiger partial charge in [-0.3, -0.25) is 4.98 Å². The van der Waals surface area contributed by atoms with Gasteiger partial charge in [-0.1, -0.05) is 17.4 Å². The average molecular weight is 492 g/mol. The summed E-state index contributed by atoms with van der Waals surface area (Å²) >= 11 is 1.40. The van der Waals surface area contributed by atoms with E-state index in [1.165, 1.54) is 15.9 Å². The molecule has 1 atom stereocenters. The van der Waals surface area contributed by atoms with Gasteiger partial charge in [0.1, 0.15) is 19.4 Å². The first kappa shape index (κ1) is 23.2. The Kier molecular flexibility index (Phi) is 6.14. The van der Waals surface area contributed by atoms with Crippen molar-refractivity contribution in [1.29, 1.82) is 0 Å². The number of ether oxygens (including phenoxy) is 1. The van der Waals surface area contributed by atoms with E-state index >= 15 is 0 Å². The molecule has 0 amide bonds. The minimum absolute atomic E-state index is 0.0394. The monoisotopic (exact) mass is 492 g/mol. The van der Waals surface area contributed by atoms with Crippen molar-refractivity contribution in [2.24, 2.45) is 5.92 Å². The number of methoxy groups -OCH3 is 1. The van der Waals surface area contributed by atoms with Gasteiger partial charge in [-0.2, -0.15) is 9.61 Å². The van der Waals surface area contributed by atoms with Gasteiger partial charge in [0.05, 0.1) is 19.0 Å². The number of nitrogens with two attached hydrogens (primary N) is 1. The van der Waals surface area contributed by atoms with Crippen LogP contribution in [0.5, 0.6) is 5.19 Å². The van der Waals surface area contributed by atoms with Gasteiger partial charge in [0.2, 0.25) is 0 Å². The molecule has 1 fully saturated rings. The largest absolute Gasteiger partial charge is 0.479 e. The molecule has 0 bridgehead atoms. The first-order valence-corrected chi connectivity index (χ1v) is 12.0. The Bertz CT molecular complexity index is 1380. The molecule has 2 radical (unpaired) electrons. The summed E-state index contributed by atoms with van der Waals surface area (Å²) in [5, 5.41) is 15.8. The summed E-state index contributed by atoms with van der Waals surface area (Å²) in [6, 6.07) is 3.78. The number of aromatic nitrogens is 5. The molecule has 12 heteroatoms. The molecule has 1 aliphatic carbocycles. The van der Waals surface area contributed by atoms with Crippen molar-refractivity contribution in [3.63, 3.8) is 0 Å². The zero-order valence-electron chi connectivity index (χ0n) is 18.9. The van der Waals surface area contributed by atoms with Crippen LogP contribution in [0, 0.1) is 5.92 Å². The highest BCUT2D eigenvalue weighted by atomic mass is 32.1. The third kappa shape index (κ3) is 4.22. The van der Waals surface area contributed by atoms with Gasteiger partial charge in [-0.15, -0.1) is 0 Å². The van der Waals surface area contributed by atoms with Crippen molar-refractivity contribution in [1.82, 2.24) is 24.6 Å². The summed E-state index contributed by atoms with van der Waals surface area (Å²) in [7, 11) is 7.90. The van der Waals surface area contributed by atoms with Crippen LogP contribution in [0.15, 0.2) is 29.9 Å². The third-order valence-corrected chi connectivity index (χ3v) is 7.35. The Morgan fingerprint density at radius 1 is 1.26 bits per heavy atom. The van der Waals surface area contributed by atoms with Crippen LogP contribution in [0.4, 0.5) is 10.2 Å². The van der Waals surface area contributed by atoms with Crippen molar-refractivity contribution >= 4 is 42.1 Å². The smallest absolute Gasteiger partial charge is 0.338 e. The lowest BCUT2D eigenvalue weighted by atomic mass is 9.75. The van der Waals surface area contributed by atoms with Crippen LogP contribution in [0.1, 0.15) is 37.3 Å². The van der Waals surface area contributed by atoms with Crippen molar-refractivity contribution in [3.05, 3.63) is 35.6 Å². The maximum atomic E-state index is 14.0. The minimum atomic E-state index is -1.85. The predicted octanol–water partition coefficient (Wildman–Crippen LogP) is 3.00. The molecular weight excluding hydrogens is 470 g/mol. The molecule has 1 unspecified atom stereocenters. The molecular formula is C23H22BFN6O3S. The summed E-state index contributed by atoms with van der Waals surface area (Å²) in [5.74, 6) is -1.66. The molecule has 4 aromatic rings. The number of carboxylic acid groups (broad SMARTS) is 1. The lowest BCUT2D eigenvalue weighted by molar-refractivity contribution is -0.145. The summed E-state index contributed by atoms with van der Waals surface area (Å²) in [4.78, 5) is 24.7. The van der Waals surface area contributed by atoms with E-state index in [2.05, 4.69) is 15.1 Å². The number of pyridine rings is 1. The van der Waals surface area contributed by atoms with E-state index in [1.54, 1.807) is 19.5 Å². The standard InChI is InChI=1S/C23H22BFN6O3S/c1-34-23-29-16(10-35-23)15-7-6-13(8-27-15)14-9-28-31-20(26)17(24)19(30-21(14)31)12-4-2-11(3-5-12)18(25)22(32)33/h6-12,18H,2-5,26H2,1H3,(H,32,33). The predicted molar refractivity (Wildman–Crippen MR) is 131 cm³/mol. The van der Waals surface area contributed by atoms with E-state index in [0.717, 1.165) is 16.8 Å². The Morgan fingerprint density at radius 3 is 2.66 bits per heavy atom. The third-order valence-electron chi connectivity index (χ3n) is 6.55. The first-order chi connectivity index (χ1) is 16.9. The number of nitrogens with zero attached hydrogens (tertiary/aromatic N) is 5. The second kappa shape index (κ2) is 9.25. The number of aliphatic carboxylic acids is 1. The summed E-state index contributed by atoms with van der Waals surface area (Å²) < 4.78 is 20.6. The highest BCUT2D eigenvalue weighted by molar-refractivity contribution is 7.11. The van der Waals surface area contributed by atoms with E-state index in [0.29, 0.717) is 53.4 Å². The normalized spacial score (nSPS) is 19.0. The van der Waals surface area contributed by atoms with E-state index in [4.69, 9.17) is 28.4 Å². The number of hydrogen-bond acceptors (Lipinski definition) is 8. The Balaban J connectivity index is 1.45. The second-order valence-corrected chi connectivity index (χ2v) is 9.40. The van der Waals surface area contributed by atoms with E-state index < -0.39 is 18.1 Å². The number of hydrogen-bond donors (Lipinski definition) is 2. The number of nitrogen functional groups attached to an aromatic ring is 1. The Labute approximate surface area is 205 Å². The lowest BCUT2D eigenvalue weighted by Crippen LogP contribution is -2.31. The molecule has 5 rings (SSSR count). The van der Waals surface area contributed by atoms with Crippen LogP contribution >= 0.6 is 11.3 Å². The minimum Gasteiger partial charge on any atom is -0.479 e. The Morgan fingerprint density at radius 2 is 2.03 bits per heavy atom. The zero-order chi connectivity index (χ0) is 24.7. The van der Waals surface area contributed by atoms with Gasteiger partial charge >= 0.3 is 5.97 Å². The van der Waals surface area contributed by atoms with E-state index in [1.807, 2.05) is 17.5 Å². The van der Waals surface area contributed by atoms with Crippen LogP contribution in [0.3, 0.4) is 0 Å². The number of rotatable bonds is 6. The SMILES string of the molecule is [B]c1c(C2CCC(C(F)C(=O)O)CC2)nc2c(-c3ccc(-c4csc(OC)n4)nc3)cnn2c1N. The molecule has 0 spiro atoms. The Hall–Kier alpha value is -3.54. The van der Waals surface area contributed by atoms with Gasteiger partial charge < -0.3 is 15.6 Å². The fraction of sp³-hybridized carbons (Fsp3) is 0.348. The number of anilines is 1. The molecule has 3 N–H and O–H groups in total. The number of carbonyl (C=O) groups is 1. The van der Waals surface area contributed by atoms with Gasteiger partial charge in [-0.05, 0) is 37.2 Å². The molecule has 9 nitrogen and oxygen atoms in total. The molecule has 178 valence electrons. The van der Waals surface area contributed by atoms with Crippen LogP contribution in [-0.2, 0) is 4.79 Å². The van der Waals surface area contributed by atoms with Crippen molar-refractivity contribution in [2.45, 2.75) is 37.8 Å². The maximum absolute atomic E-state index is 14.0. The molecule has 4 aromatic heterocycles. The van der Waals surface area contributed by atoms with Gasteiger partial charge in [-0.25, -0.2) is 19.2 Å². The first-order valence-electron chi connectivity index (χ1n) is 11.1. The molecule has 1 aliphatic rings. The van der Waals surface area contributed by atoms with Gasteiger partial charge in [0.25, 0.3) is 5.19 Å². The van der Waals surface area contributed by atoms with Crippen LogP contribution in [-0.4, -0.2) is 56.8 Å². The zero-order valence-corrected chi connectivity index (χ0v) is 19.7. The topological polar surface area (TPSA) is 129 Å². The molecule has 4 heterocycles. The summed E-state index contributed by atoms with van der Waals surface area (Å²) in [6.07, 6.45) is 3.61. The summed E-state index contributed by atoms with van der Waals surface area (Å²) in [6.45, 7) is 0. The van der Waals surface area contributed by atoms with Crippen LogP contribution in [0.2, 0.25) is 0 Å². The average Bonchev–Trinajstić information content (AvgIpc) is 3.53. The second-order valence-electron chi connectivity index (χ2n) is 8.58. The highest BCUT2D eigenvalue weighted by Gasteiger charge is 2.33. The molecule has 0 aliphatic heterocycles. The number of fused-ring (bicyclic) bond motifs is 1. The van der Waals surface area contributed by atoms with E-state index in [9.17, 15) is 9.18 Å². The van der Waals surface area contributed by atoms with Crippen LogP contribution < -0.4 is 15.9 Å². The number of alkyl halides is 1. The highest BCUT2D eigenvalue weighted by Crippen LogP contribution is 2.38. The quantitative estimate of drug-likeness (QED) is 0.393. The molecule has 35 heavy (non-hydrogen) atoms. The van der Waals surface area contributed by atoms with Gasteiger partial charge in [0.15, 0.2) is 11.8 Å². The molecule has 0 saturated heterocycles.